The molecule has 0 saturated heterocycles. The zero-order chi connectivity index (χ0) is 20.7. The molecule has 0 rings (SSSR count). The lowest BCUT2D eigenvalue weighted by molar-refractivity contribution is -0.137. The smallest absolute Gasteiger partial charge is 0.304 e. The zero-order valence-corrected chi connectivity index (χ0v) is 17.8. The van der Waals surface area contributed by atoms with Crippen molar-refractivity contribution in [1.29, 1.82) is 0 Å². The Morgan fingerprint density at radius 3 is 0.926 bits per heavy atom. The summed E-state index contributed by atoms with van der Waals surface area (Å²) in [6, 6.07) is 0. The zero-order valence-electron chi connectivity index (χ0n) is 14.6. The molecule has 0 saturated carbocycles. The molecule has 0 radical (unpaired) electrons. The summed E-state index contributed by atoms with van der Waals surface area (Å²) in [6.45, 7) is 0. The maximum absolute atomic E-state index is 10.7. The number of hydrogen-bond acceptors (Lipinski definition) is 8. The third-order valence-corrected chi connectivity index (χ3v) is 8.51. The summed E-state index contributed by atoms with van der Waals surface area (Å²) >= 11 is 5.76. The predicted octanol–water partition coefficient (Wildman–Crippen LogP) is 2.86. The van der Waals surface area contributed by atoms with Crippen LogP contribution < -0.4 is 0 Å². The topological polar surface area (TPSA) is 149 Å². The maximum Gasteiger partial charge on any atom is 0.304 e. The van der Waals surface area contributed by atoms with Crippen LogP contribution in [0.25, 0.3) is 0 Å². The summed E-state index contributed by atoms with van der Waals surface area (Å²) in [4.78, 5) is 42.8. The molecule has 27 heavy (non-hydrogen) atoms. The fraction of sp³-hybridized carbons (Fsp3) is 0.733. The van der Waals surface area contributed by atoms with Crippen molar-refractivity contribution >= 4 is 70.9 Å². The van der Waals surface area contributed by atoms with Crippen LogP contribution in [0.3, 0.4) is 0 Å². The molecule has 0 fully saturated rings. The summed E-state index contributed by atoms with van der Waals surface area (Å²) in [7, 11) is 0. The molecule has 0 aliphatic rings. The monoisotopic (exact) mass is 460 g/mol. The second-order valence-electron chi connectivity index (χ2n) is 5.15. The van der Waals surface area contributed by atoms with E-state index in [1.165, 1.54) is 47.0 Å². The average molecular weight is 461 g/mol. The van der Waals surface area contributed by atoms with Gasteiger partial charge in [-0.25, -0.2) is 0 Å². The lowest BCUT2D eigenvalue weighted by Gasteiger charge is -2.22. The third kappa shape index (κ3) is 18.4. The first kappa shape index (κ1) is 26.3. The van der Waals surface area contributed by atoms with Crippen molar-refractivity contribution in [1.82, 2.24) is 0 Å². The first-order valence-corrected chi connectivity index (χ1v) is 12.2. The van der Waals surface area contributed by atoms with Gasteiger partial charge in [0.25, 0.3) is 0 Å². The molecule has 4 N–H and O–H groups in total. The molecule has 0 aliphatic carbocycles. The Labute approximate surface area is 174 Å². The van der Waals surface area contributed by atoms with E-state index in [9.17, 15) is 19.2 Å². The van der Waals surface area contributed by atoms with Gasteiger partial charge in [-0.2, -0.15) is 0 Å². The number of thioether (sulfide) groups is 4. The molecular weight excluding hydrogens is 436 g/mol. The van der Waals surface area contributed by atoms with Gasteiger partial charge in [0, 0.05) is 23.0 Å². The van der Waals surface area contributed by atoms with Gasteiger partial charge < -0.3 is 20.4 Å². The Kier molecular flexibility index (Phi) is 15.8. The SMILES string of the molecule is O=C(O)CCSC(CC(SCCC(=O)O)SCCC(=O)O)SCCC(=O)O. The molecule has 0 aliphatic heterocycles. The molecule has 8 nitrogen and oxygen atoms in total. The molecule has 12 heteroatoms. The molecule has 0 aromatic carbocycles. The molecule has 0 aromatic heterocycles. The van der Waals surface area contributed by atoms with Gasteiger partial charge in [-0.1, -0.05) is 0 Å². The summed E-state index contributed by atoms with van der Waals surface area (Å²) in [5.74, 6) is -2.03. The molecule has 0 bridgehead atoms. The standard InChI is InChI=1S/C15H24O8S4/c16-10(17)1-5-24-14(25-6-2-11(18)19)9-15(26-7-3-12(20)21)27-8-4-13(22)23/h14-15H,1-9H2,(H,16,17)(H,18,19)(H,20,21)(H,22,23). The van der Waals surface area contributed by atoms with E-state index in [1.807, 2.05) is 0 Å². The highest BCUT2D eigenvalue weighted by molar-refractivity contribution is 8.18. The van der Waals surface area contributed by atoms with Gasteiger partial charge in [-0.05, 0) is 6.42 Å². The van der Waals surface area contributed by atoms with E-state index in [4.69, 9.17) is 20.4 Å². The van der Waals surface area contributed by atoms with Crippen LogP contribution in [-0.4, -0.2) is 76.5 Å². The minimum atomic E-state index is -0.903. The van der Waals surface area contributed by atoms with Gasteiger partial charge in [0.2, 0.25) is 0 Å². The van der Waals surface area contributed by atoms with Crippen molar-refractivity contribution in [2.75, 3.05) is 23.0 Å². The molecular formula is C15H24O8S4. The Morgan fingerprint density at radius 1 is 0.519 bits per heavy atom. The van der Waals surface area contributed by atoms with Gasteiger partial charge in [-0.15, -0.1) is 47.0 Å². The first-order chi connectivity index (χ1) is 12.7. The second kappa shape index (κ2) is 16.3. The second-order valence-corrected chi connectivity index (χ2v) is 11.0. The van der Waals surface area contributed by atoms with Gasteiger partial charge in [0.15, 0.2) is 0 Å². The molecule has 156 valence electrons. The number of carbonyl (C=O) groups is 4. The van der Waals surface area contributed by atoms with E-state index < -0.39 is 23.9 Å². The molecule has 0 unspecified atom stereocenters. The van der Waals surface area contributed by atoms with Crippen molar-refractivity contribution in [2.24, 2.45) is 0 Å². The summed E-state index contributed by atoms with van der Waals surface area (Å²) in [5, 5.41) is 35.1. The molecule has 0 amide bonds. The van der Waals surface area contributed by atoms with Crippen LogP contribution in [-0.2, 0) is 19.2 Å². The van der Waals surface area contributed by atoms with E-state index in [2.05, 4.69) is 0 Å². The average Bonchev–Trinajstić information content (AvgIpc) is 2.52. The van der Waals surface area contributed by atoms with Gasteiger partial charge in [0.05, 0.1) is 34.8 Å². The molecule has 0 spiro atoms. The highest BCUT2D eigenvalue weighted by Gasteiger charge is 2.20. The minimum Gasteiger partial charge on any atom is -0.481 e. The summed E-state index contributed by atoms with van der Waals surface area (Å²) in [5.41, 5.74) is 0. The van der Waals surface area contributed by atoms with Crippen molar-refractivity contribution in [2.45, 2.75) is 41.3 Å². The summed E-state index contributed by atoms with van der Waals surface area (Å²) in [6.07, 6.45) is 0.615. The first-order valence-electron chi connectivity index (χ1n) is 8.04. The van der Waals surface area contributed by atoms with Crippen LogP contribution in [0.15, 0.2) is 0 Å². The van der Waals surface area contributed by atoms with Crippen LogP contribution >= 0.6 is 47.0 Å². The van der Waals surface area contributed by atoms with Crippen molar-refractivity contribution in [3.63, 3.8) is 0 Å². The summed E-state index contributed by atoms with van der Waals surface area (Å²) < 4.78 is -0.0771. The van der Waals surface area contributed by atoms with Gasteiger partial charge in [0.1, 0.15) is 0 Å². The molecule has 0 aromatic rings. The number of rotatable bonds is 18. The van der Waals surface area contributed by atoms with Crippen molar-refractivity contribution < 1.29 is 39.6 Å². The van der Waals surface area contributed by atoms with Crippen LogP contribution in [0.1, 0.15) is 32.1 Å². The Bertz CT molecular complexity index is 406. The van der Waals surface area contributed by atoms with E-state index in [-0.39, 0.29) is 34.8 Å². The highest BCUT2D eigenvalue weighted by atomic mass is 32.2. The third-order valence-electron chi connectivity index (χ3n) is 2.86. The van der Waals surface area contributed by atoms with Crippen LogP contribution in [0.4, 0.5) is 0 Å². The van der Waals surface area contributed by atoms with E-state index in [0.717, 1.165) is 0 Å². The Morgan fingerprint density at radius 2 is 0.741 bits per heavy atom. The predicted molar refractivity (Wildman–Crippen MR) is 111 cm³/mol. The normalized spacial score (nSPS) is 11.0. The fourth-order valence-electron chi connectivity index (χ4n) is 1.64. The highest BCUT2D eigenvalue weighted by Crippen LogP contribution is 2.37. The van der Waals surface area contributed by atoms with E-state index in [1.54, 1.807) is 0 Å². The molecule has 0 atom stereocenters. The van der Waals surface area contributed by atoms with E-state index in [0.29, 0.717) is 29.4 Å². The van der Waals surface area contributed by atoms with Gasteiger partial charge >= 0.3 is 23.9 Å². The quantitative estimate of drug-likeness (QED) is 0.223. The van der Waals surface area contributed by atoms with Crippen molar-refractivity contribution in [3.8, 4) is 0 Å². The molecule has 0 heterocycles. The number of aliphatic carboxylic acids is 4. The van der Waals surface area contributed by atoms with Crippen LogP contribution in [0, 0.1) is 0 Å². The number of carboxylic acids is 4. The Balaban J connectivity index is 4.69. The van der Waals surface area contributed by atoms with Crippen LogP contribution in [0.2, 0.25) is 0 Å². The van der Waals surface area contributed by atoms with Crippen LogP contribution in [0.5, 0.6) is 0 Å². The fourth-order valence-corrected chi connectivity index (χ4v) is 7.58. The number of hydrogen-bond donors (Lipinski definition) is 4. The van der Waals surface area contributed by atoms with E-state index >= 15 is 0 Å². The van der Waals surface area contributed by atoms with Gasteiger partial charge in [-0.3, -0.25) is 19.2 Å². The lowest BCUT2D eigenvalue weighted by atomic mass is 10.5. The minimum absolute atomic E-state index is 0.00361. The number of carboxylic acid groups (broad SMARTS) is 4. The lowest BCUT2D eigenvalue weighted by Crippen LogP contribution is -2.13. The Hall–Kier alpha value is -0.720. The largest absolute Gasteiger partial charge is 0.481 e. The maximum atomic E-state index is 10.7. The van der Waals surface area contributed by atoms with Crippen molar-refractivity contribution in [3.05, 3.63) is 0 Å².